The molecule has 0 aliphatic heterocycles. The summed E-state index contributed by atoms with van der Waals surface area (Å²) < 4.78 is 13.8. The second kappa shape index (κ2) is 7.80. The largest absolute Gasteiger partial charge is 0.325 e. The second-order valence-corrected chi connectivity index (χ2v) is 7.72. The van der Waals surface area contributed by atoms with Crippen molar-refractivity contribution in [3.05, 3.63) is 64.8 Å². The number of nitrogens with one attached hydrogen (secondary N) is 1. The number of anilines is 1. The molecule has 0 radical (unpaired) electrons. The summed E-state index contributed by atoms with van der Waals surface area (Å²) in [6.45, 7) is 4.06. The van der Waals surface area contributed by atoms with Crippen LogP contribution in [-0.2, 0) is 4.79 Å². The van der Waals surface area contributed by atoms with Gasteiger partial charge in [0.25, 0.3) is 0 Å². The predicted octanol–water partition coefficient (Wildman–Crippen LogP) is 5.30. The summed E-state index contributed by atoms with van der Waals surface area (Å²) in [6.07, 6.45) is 0. The number of aryl methyl sites for hydroxylation is 2. The lowest BCUT2D eigenvalue weighted by atomic mass is 10.1. The number of rotatable bonds is 5. The van der Waals surface area contributed by atoms with Gasteiger partial charge in [0.2, 0.25) is 5.91 Å². The van der Waals surface area contributed by atoms with Gasteiger partial charge in [-0.05, 0) is 61.4 Å². The van der Waals surface area contributed by atoms with E-state index in [1.54, 1.807) is 12.1 Å². The Morgan fingerprint density at radius 2 is 1.92 bits per heavy atom. The van der Waals surface area contributed by atoms with Crippen LogP contribution >= 0.6 is 23.1 Å². The molecule has 128 valence electrons. The standard InChI is InChI=1S/C19H17FN2OS2/c1-12-3-8-16(9-13(12)2)21-18(23)11-25-19-22-17(10-24-19)14-4-6-15(20)7-5-14/h3-10H,11H2,1-2H3,(H,21,23). The number of carbonyl (C=O) groups is 1. The normalized spacial score (nSPS) is 10.7. The molecule has 6 heteroatoms. The molecule has 1 aromatic heterocycles. The monoisotopic (exact) mass is 372 g/mol. The van der Waals surface area contributed by atoms with Crippen LogP contribution in [0, 0.1) is 19.7 Å². The number of carbonyl (C=O) groups excluding carboxylic acids is 1. The Labute approximate surface area is 154 Å². The third kappa shape index (κ3) is 4.67. The van der Waals surface area contributed by atoms with Gasteiger partial charge in [0, 0.05) is 16.6 Å². The van der Waals surface area contributed by atoms with Crippen molar-refractivity contribution >= 4 is 34.7 Å². The average molecular weight is 372 g/mol. The molecular weight excluding hydrogens is 355 g/mol. The number of thioether (sulfide) groups is 1. The highest BCUT2D eigenvalue weighted by molar-refractivity contribution is 8.01. The Bertz CT molecular complexity index is 891. The van der Waals surface area contributed by atoms with Crippen molar-refractivity contribution in [1.82, 2.24) is 4.98 Å². The minimum atomic E-state index is -0.267. The van der Waals surface area contributed by atoms with E-state index in [0.29, 0.717) is 5.75 Å². The summed E-state index contributed by atoms with van der Waals surface area (Å²) >= 11 is 2.87. The number of thiazole rings is 1. The maximum atomic E-state index is 13.0. The fraction of sp³-hybridized carbons (Fsp3) is 0.158. The van der Waals surface area contributed by atoms with Crippen molar-refractivity contribution in [1.29, 1.82) is 0 Å². The third-order valence-electron chi connectivity index (χ3n) is 3.74. The zero-order chi connectivity index (χ0) is 17.8. The molecule has 0 spiro atoms. The Morgan fingerprint density at radius 3 is 2.64 bits per heavy atom. The lowest BCUT2D eigenvalue weighted by Crippen LogP contribution is -2.14. The van der Waals surface area contributed by atoms with Crippen LogP contribution in [0.2, 0.25) is 0 Å². The summed E-state index contributed by atoms with van der Waals surface area (Å²) in [5, 5.41) is 4.81. The number of aromatic nitrogens is 1. The van der Waals surface area contributed by atoms with Crippen molar-refractivity contribution in [3.8, 4) is 11.3 Å². The Balaban J connectivity index is 1.57. The van der Waals surface area contributed by atoms with Gasteiger partial charge in [0.05, 0.1) is 11.4 Å². The molecule has 25 heavy (non-hydrogen) atoms. The number of amides is 1. The number of hydrogen-bond donors (Lipinski definition) is 1. The van der Waals surface area contributed by atoms with Crippen molar-refractivity contribution in [3.63, 3.8) is 0 Å². The van der Waals surface area contributed by atoms with Crippen LogP contribution in [0.15, 0.2) is 52.2 Å². The molecule has 3 nitrogen and oxygen atoms in total. The van der Waals surface area contributed by atoms with Gasteiger partial charge < -0.3 is 5.32 Å². The van der Waals surface area contributed by atoms with Gasteiger partial charge in [-0.2, -0.15) is 0 Å². The summed E-state index contributed by atoms with van der Waals surface area (Å²) in [5.41, 5.74) is 4.81. The second-order valence-electron chi connectivity index (χ2n) is 5.64. The van der Waals surface area contributed by atoms with E-state index in [1.165, 1.54) is 40.8 Å². The van der Waals surface area contributed by atoms with Crippen LogP contribution in [0.5, 0.6) is 0 Å². The van der Waals surface area contributed by atoms with Gasteiger partial charge in [0.15, 0.2) is 4.34 Å². The maximum Gasteiger partial charge on any atom is 0.234 e. The zero-order valence-electron chi connectivity index (χ0n) is 13.9. The smallest absolute Gasteiger partial charge is 0.234 e. The molecule has 0 atom stereocenters. The Kier molecular flexibility index (Phi) is 5.50. The van der Waals surface area contributed by atoms with E-state index in [4.69, 9.17) is 0 Å². The Morgan fingerprint density at radius 1 is 1.16 bits per heavy atom. The van der Waals surface area contributed by atoms with Crippen LogP contribution < -0.4 is 5.32 Å². The minimum Gasteiger partial charge on any atom is -0.325 e. The summed E-state index contributed by atoms with van der Waals surface area (Å²) in [6, 6.07) is 12.1. The van der Waals surface area contributed by atoms with Gasteiger partial charge >= 0.3 is 0 Å². The van der Waals surface area contributed by atoms with Crippen molar-refractivity contribution in [2.75, 3.05) is 11.1 Å². The fourth-order valence-corrected chi connectivity index (χ4v) is 3.86. The molecule has 1 heterocycles. The molecule has 3 aromatic rings. The van der Waals surface area contributed by atoms with Gasteiger partial charge in [-0.1, -0.05) is 17.8 Å². The first-order valence-electron chi connectivity index (χ1n) is 7.72. The summed E-state index contributed by atoms with van der Waals surface area (Å²) in [5.74, 6) is -0.0353. The highest BCUT2D eigenvalue weighted by atomic mass is 32.2. The molecule has 0 aliphatic rings. The van der Waals surface area contributed by atoms with Crippen LogP contribution in [-0.4, -0.2) is 16.6 Å². The minimum absolute atomic E-state index is 0.0632. The lowest BCUT2D eigenvalue weighted by molar-refractivity contribution is -0.113. The fourth-order valence-electron chi connectivity index (χ4n) is 2.22. The van der Waals surface area contributed by atoms with Gasteiger partial charge in [-0.25, -0.2) is 9.37 Å². The number of hydrogen-bond acceptors (Lipinski definition) is 4. The molecule has 0 bridgehead atoms. The molecule has 2 aromatic carbocycles. The van der Waals surface area contributed by atoms with Crippen LogP contribution in [0.3, 0.4) is 0 Å². The zero-order valence-corrected chi connectivity index (χ0v) is 15.5. The van der Waals surface area contributed by atoms with Crippen molar-refractivity contribution in [2.45, 2.75) is 18.2 Å². The highest BCUT2D eigenvalue weighted by Crippen LogP contribution is 2.28. The number of nitrogens with zero attached hydrogens (tertiary/aromatic N) is 1. The highest BCUT2D eigenvalue weighted by Gasteiger charge is 2.09. The molecule has 0 saturated carbocycles. The van der Waals surface area contributed by atoms with Crippen LogP contribution in [0.4, 0.5) is 10.1 Å². The summed E-state index contributed by atoms with van der Waals surface area (Å²) in [4.78, 5) is 16.6. The molecule has 1 N–H and O–H groups in total. The van der Waals surface area contributed by atoms with Gasteiger partial charge in [0.1, 0.15) is 5.82 Å². The topological polar surface area (TPSA) is 42.0 Å². The molecule has 0 saturated heterocycles. The quantitative estimate of drug-likeness (QED) is 0.618. The average Bonchev–Trinajstić information content (AvgIpc) is 3.06. The maximum absolute atomic E-state index is 13.0. The van der Waals surface area contributed by atoms with Gasteiger partial charge in [-0.15, -0.1) is 11.3 Å². The first-order chi connectivity index (χ1) is 12.0. The molecule has 0 fully saturated rings. The first kappa shape index (κ1) is 17.6. The van der Waals surface area contributed by atoms with E-state index in [9.17, 15) is 9.18 Å². The Hall–Kier alpha value is -2.18. The predicted molar refractivity (Wildman–Crippen MR) is 103 cm³/mol. The molecular formula is C19H17FN2OS2. The summed E-state index contributed by atoms with van der Waals surface area (Å²) in [7, 11) is 0. The van der Waals surface area contributed by atoms with E-state index in [2.05, 4.69) is 10.3 Å². The molecule has 0 aliphatic carbocycles. The van der Waals surface area contributed by atoms with E-state index in [1.807, 2.05) is 37.4 Å². The van der Waals surface area contributed by atoms with Gasteiger partial charge in [-0.3, -0.25) is 4.79 Å². The molecule has 0 unspecified atom stereocenters. The SMILES string of the molecule is Cc1ccc(NC(=O)CSc2nc(-c3ccc(F)cc3)cs2)cc1C. The van der Waals surface area contributed by atoms with E-state index >= 15 is 0 Å². The van der Waals surface area contributed by atoms with Crippen molar-refractivity contribution < 1.29 is 9.18 Å². The van der Waals surface area contributed by atoms with Crippen LogP contribution in [0.25, 0.3) is 11.3 Å². The first-order valence-corrected chi connectivity index (χ1v) is 9.59. The number of halogens is 1. The third-order valence-corrected chi connectivity index (χ3v) is 5.76. The lowest BCUT2D eigenvalue weighted by Gasteiger charge is -2.07. The van der Waals surface area contributed by atoms with E-state index in [0.717, 1.165) is 26.8 Å². The van der Waals surface area contributed by atoms with E-state index in [-0.39, 0.29) is 11.7 Å². The van der Waals surface area contributed by atoms with Crippen LogP contribution in [0.1, 0.15) is 11.1 Å². The number of benzene rings is 2. The van der Waals surface area contributed by atoms with E-state index < -0.39 is 0 Å². The van der Waals surface area contributed by atoms with Crippen molar-refractivity contribution in [2.24, 2.45) is 0 Å². The molecule has 1 amide bonds. The molecule has 3 rings (SSSR count).